The van der Waals surface area contributed by atoms with E-state index in [0.29, 0.717) is 0 Å². The first-order chi connectivity index (χ1) is 8.61. The molecule has 1 aromatic heterocycles. The first-order valence-corrected chi connectivity index (χ1v) is 6.38. The molecule has 1 aromatic carbocycles. The molecule has 1 heterocycles. The van der Waals surface area contributed by atoms with Gasteiger partial charge in [-0.15, -0.1) is 0 Å². The Labute approximate surface area is 109 Å². The molecule has 0 aliphatic rings. The average molecular weight is 243 g/mol. The number of likely N-dealkylation sites (N-methyl/N-ethyl adjacent to an activating group) is 1. The molecule has 0 saturated heterocycles. The zero-order chi connectivity index (χ0) is 13.1. The van der Waals surface area contributed by atoms with Crippen LogP contribution in [0.1, 0.15) is 16.8 Å². The second kappa shape index (κ2) is 5.36. The van der Waals surface area contributed by atoms with E-state index in [1.165, 1.54) is 22.3 Å². The number of hydrogen-bond donors (Lipinski definition) is 1. The number of aryl methyl sites for hydroxylation is 3. The minimum atomic E-state index is 0.905. The number of nitrogens with zero attached hydrogens (tertiary/aromatic N) is 2. The molecule has 0 atom stereocenters. The maximum Gasteiger partial charge on any atom is 0.0672 e. The molecule has 0 fully saturated rings. The van der Waals surface area contributed by atoms with Crippen LogP contribution in [0.15, 0.2) is 24.4 Å². The third-order valence-corrected chi connectivity index (χ3v) is 3.22. The van der Waals surface area contributed by atoms with E-state index in [2.05, 4.69) is 55.6 Å². The second-order valence-corrected chi connectivity index (χ2v) is 4.81. The molecule has 0 amide bonds. The van der Waals surface area contributed by atoms with E-state index in [4.69, 9.17) is 0 Å². The summed E-state index contributed by atoms with van der Waals surface area (Å²) in [5.41, 5.74) is 6.23. The van der Waals surface area contributed by atoms with Crippen molar-refractivity contribution in [3.05, 3.63) is 41.2 Å². The SMILES string of the molecule is CNCCn1cc(-c2cc(C)ccc2C)c(C)n1. The van der Waals surface area contributed by atoms with Crippen LogP contribution in [-0.2, 0) is 6.54 Å². The summed E-state index contributed by atoms with van der Waals surface area (Å²) in [6.45, 7) is 8.20. The summed E-state index contributed by atoms with van der Waals surface area (Å²) in [6.07, 6.45) is 2.15. The third-order valence-electron chi connectivity index (χ3n) is 3.22. The van der Waals surface area contributed by atoms with Gasteiger partial charge in [0, 0.05) is 18.3 Å². The van der Waals surface area contributed by atoms with Gasteiger partial charge in [-0.25, -0.2) is 0 Å². The number of rotatable bonds is 4. The van der Waals surface area contributed by atoms with Crippen molar-refractivity contribution in [3.63, 3.8) is 0 Å². The fourth-order valence-corrected chi connectivity index (χ4v) is 2.15. The van der Waals surface area contributed by atoms with Crippen molar-refractivity contribution in [2.45, 2.75) is 27.3 Å². The van der Waals surface area contributed by atoms with Crippen LogP contribution in [0.4, 0.5) is 0 Å². The number of benzene rings is 1. The Balaban J connectivity index is 2.38. The van der Waals surface area contributed by atoms with Gasteiger partial charge in [-0.05, 0) is 38.9 Å². The first-order valence-electron chi connectivity index (χ1n) is 6.38. The Morgan fingerprint density at radius 3 is 2.67 bits per heavy atom. The normalized spacial score (nSPS) is 10.9. The van der Waals surface area contributed by atoms with Gasteiger partial charge in [0.15, 0.2) is 0 Å². The molecule has 18 heavy (non-hydrogen) atoms. The van der Waals surface area contributed by atoms with Crippen molar-refractivity contribution < 1.29 is 0 Å². The zero-order valence-corrected chi connectivity index (χ0v) is 11.6. The van der Waals surface area contributed by atoms with Crippen LogP contribution >= 0.6 is 0 Å². The summed E-state index contributed by atoms with van der Waals surface area (Å²) >= 11 is 0. The van der Waals surface area contributed by atoms with E-state index < -0.39 is 0 Å². The predicted octanol–water partition coefficient (Wildman–Crippen LogP) is 2.69. The van der Waals surface area contributed by atoms with E-state index in [-0.39, 0.29) is 0 Å². The van der Waals surface area contributed by atoms with E-state index in [1.807, 2.05) is 11.7 Å². The lowest BCUT2D eigenvalue weighted by molar-refractivity contribution is 0.581. The highest BCUT2D eigenvalue weighted by Crippen LogP contribution is 2.26. The monoisotopic (exact) mass is 243 g/mol. The Morgan fingerprint density at radius 1 is 1.17 bits per heavy atom. The molecular formula is C15H21N3. The quantitative estimate of drug-likeness (QED) is 0.894. The minimum Gasteiger partial charge on any atom is -0.318 e. The van der Waals surface area contributed by atoms with Gasteiger partial charge < -0.3 is 5.32 Å². The van der Waals surface area contributed by atoms with Crippen LogP contribution in [0.25, 0.3) is 11.1 Å². The van der Waals surface area contributed by atoms with Gasteiger partial charge in [0.2, 0.25) is 0 Å². The lowest BCUT2D eigenvalue weighted by Gasteiger charge is -2.05. The predicted molar refractivity (Wildman–Crippen MR) is 75.8 cm³/mol. The van der Waals surface area contributed by atoms with Gasteiger partial charge in [-0.1, -0.05) is 23.8 Å². The maximum atomic E-state index is 4.57. The molecule has 1 N–H and O–H groups in total. The van der Waals surface area contributed by atoms with E-state index >= 15 is 0 Å². The summed E-state index contributed by atoms with van der Waals surface area (Å²) in [4.78, 5) is 0. The molecule has 2 aromatic rings. The van der Waals surface area contributed by atoms with Gasteiger partial charge in [-0.2, -0.15) is 5.10 Å². The maximum absolute atomic E-state index is 4.57. The molecular weight excluding hydrogens is 222 g/mol. The summed E-state index contributed by atoms with van der Waals surface area (Å²) < 4.78 is 2.02. The van der Waals surface area contributed by atoms with Gasteiger partial charge in [0.25, 0.3) is 0 Å². The highest BCUT2D eigenvalue weighted by atomic mass is 15.3. The lowest BCUT2D eigenvalue weighted by Crippen LogP contribution is -2.15. The van der Waals surface area contributed by atoms with Gasteiger partial charge in [-0.3, -0.25) is 4.68 Å². The van der Waals surface area contributed by atoms with Crippen LogP contribution < -0.4 is 5.32 Å². The number of aromatic nitrogens is 2. The molecule has 0 aliphatic heterocycles. The molecule has 0 spiro atoms. The molecule has 3 heteroatoms. The standard InChI is InChI=1S/C15H21N3/c1-11-5-6-12(2)14(9-11)15-10-18(8-7-16-4)17-13(15)3/h5-6,9-10,16H,7-8H2,1-4H3. The van der Waals surface area contributed by atoms with Crippen LogP contribution in [0.5, 0.6) is 0 Å². The van der Waals surface area contributed by atoms with Crippen LogP contribution in [-0.4, -0.2) is 23.4 Å². The molecule has 0 bridgehead atoms. The van der Waals surface area contributed by atoms with Crippen molar-refractivity contribution in [2.75, 3.05) is 13.6 Å². The third kappa shape index (κ3) is 2.62. The summed E-state index contributed by atoms with van der Waals surface area (Å²) in [5, 5.41) is 7.72. The number of nitrogens with one attached hydrogen (secondary N) is 1. The fourth-order valence-electron chi connectivity index (χ4n) is 2.15. The first kappa shape index (κ1) is 12.8. The number of hydrogen-bond acceptors (Lipinski definition) is 2. The van der Waals surface area contributed by atoms with Crippen molar-refractivity contribution >= 4 is 0 Å². The Hall–Kier alpha value is -1.61. The van der Waals surface area contributed by atoms with Crippen LogP contribution in [0.3, 0.4) is 0 Å². The minimum absolute atomic E-state index is 0.905. The summed E-state index contributed by atoms with van der Waals surface area (Å²) in [6, 6.07) is 6.57. The summed E-state index contributed by atoms with van der Waals surface area (Å²) in [5.74, 6) is 0. The highest BCUT2D eigenvalue weighted by molar-refractivity contribution is 5.69. The average Bonchev–Trinajstić information content (AvgIpc) is 2.71. The molecule has 96 valence electrons. The van der Waals surface area contributed by atoms with Crippen molar-refractivity contribution in [1.82, 2.24) is 15.1 Å². The van der Waals surface area contributed by atoms with E-state index in [9.17, 15) is 0 Å². The molecule has 0 radical (unpaired) electrons. The highest BCUT2D eigenvalue weighted by Gasteiger charge is 2.09. The van der Waals surface area contributed by atoms with Gasteiger partial charge >= 0.3 is 0 Å². The van der Waals surface area contributed by atoms with Crippen molar-refractivity contribution in [3.8, 4) is 11.1 Å². The van der Waals surface area contributed by atoms with Crippen LogP contribution in [0, 0.1) is 20.8 Å². The van der Waals surface area contributed by atoms with Crippen molar-refractivity contribution in [2.24, 2.45) is 0 Å². The Kier molecular flexibility index (Phi) is 3.82. The molecule has 2 rings (SSSR count). The second-order valence-electron chi connectivity index (χ2n) is 4.81. The molecule has 0 unspecified atom stereocenters. The molecule has 3 nitrogen and oxygen atoms in total. The lowest BCUT2D eigenvalue weighted by atomic mass is 9.99. The topological polar surface area (TPSA) is 29.9 Å². The summed E-state index contributed by atoms with van der Waals surface area (Å²) in [7, 11) is 1.96. The smallest absolute Gasteiger partial charge is 0.0672 e. The Bertz CT molecular complexity index is 541. The van der Waals surface area contributed by atoms with Crippen LogP contribution in [0.2, 0.25) is 0 Å². The van der Waals surface area contributed by atoms with Gasteiger partial charge in [0.05, 0.1) is 12.2 Å². The fraction of sp³-hybridized carbons (Fsp3) is 0.400. The van der Waals surface area contributed by atoms with E-state index in [0.717, 1.165) is 18.8 Å². The van der Waals surface area contributed by atoms with E-state index in [1.54, 1.807) is 0 Å². The Morgan fingerprint density at radius 2 is 1.94 bits per heavy atom. The molecule has 0 saturated carbocycles. The van der Waals surface area contributed by atoms with Crippen molar-refractivity contribution in [1.29, 1.82) is 0 Å². The van der Waals surface area contributed by atoms with Gasteiger partial charge in [0.1, 0.15) is 0 Å². The largest absolute Gasteiger partial charge is 0.318 e. The zero-order valence-electron chi connectivity index (χ0n) is 11.6. The molecule has 0 aliphatic carbocycles.